The molecule has 44 heavy (non-hydrogen) atoms. The summed E-state index contributed by atoms with van der Waals surface area (Å²) in [6.45, 7) is 0. The normalized spacial score (nSPS) is 11.6. The fourth-order valence-electron chi connectivity index (χ4n) is 6.55. The standard InChI is InChI=1S/C40H26N4/c1-3-11-27(12-4-1)28-19-21-29(22-20-28)39-31-15-7-9-17-34(31)41-40(42-39)44-36-18-10-8-16-32(36)38-33-25-26-43(30-13-5-2-6-14-30)35(33)23-24-37(38)44/h1-26H. The molecule has 0 bridgehead atoms. The number of benzene rings is 6. The second-order valence-electron chi connectivity index (χ2n) is 11.1. The molecule has 0 N–H and O–H groups in total. The third-order valence-corrected chi connectivity index (χ3v) is 8.60. The van der Waals surface area contributed by atoms with Crippen LogP contribution in [0.25, 0.3) is 77.6 Å². The molecule has 3 heterocycles. The Morgan fingerprint density at radius 2 is 1.02 bits per heavy atom. The lowest BCUT2D eigenvalue weighted by Gasteiger charge is -2.12. The number of rotatable bonds is 4. The van der Waals surface area contributed by atoms with Crippen molar-refractivity contribution in [1.82, 2.24) is 19.1 Å². The Kier molecular flexibility index (Phi) is 5.47. The monoisotopic (exact) mass is 562 g/mol. The predicted molar refractivity (Wildman–Crippen MR) is 182 cm³/mol. The maximum atomic E-state index is 5.30. The van der Waals surface area contributed by atoms with Crippen molar-refractivity contribution >= 4 is 43.6 Å². The summed E-state index contributed by atoms with van der Waals surface area (Å²) < 4.78 is 4.48. The Balaban J connectivity index is 1.28. The van der Waals surface area contributed by atoms with Gasteiger partial charge in [-0.25, -0.2) is 9.97 Å². The second-order valence-corrected chi connectivity index (χ2v) is 11.1. The Morgan fingerprint density at radius 3 is 1.84 bits per heavy atom. The van der Waals surface area contributed by atoms with Crippen molar-refractivity contribution in [3.8, 4) is 34.0 Å². The predicted octanol–water partition coefficient (Wildman–Crippen LogP) is 10.0. The summed E-state index contributed by atoms with van der Waals surface area (Å²) in [4.78, 5) is 10.4. The minimum Gasteiger partial charge on any atom is -0.317 e. The van der Waals surface area contributed by atoms with Gasteiger partial charge in [0.25, 0.3) is 0 Å². The molecule has 0 aliphatic heterocycles. The van der Waals surface area contributed by atoms with E-state index in [1.807, 2.05) is 12.1 Å². The number of aromatic nitrogens is 4. The summed E-state index contributed by atoms with van der Waals surface area (Å²) in [7, 11) is 0. The molecule has 6 aromatic carbocycles. The fourth-order valence-corrected chi connectivity index (χ4v) is 6.55. The van der Waals surface area contributed by atoms with E-state index >= 15 is 0 Å². The van der Waals surface area contributed by atoms with Gasteiger partial charge in [0.15, 0.2) is 0 Å². The second kappa shape index (κ2) is 9.79. The molecule has 9 aromatic rings. The van der Waals surface area contributed by atoms with Crippen LogP contribution in [0.5, 0.6) is 0 Å². The Bertz CT molecular complexity index is 2470. The molecular formula is C40H26N4. The van der Waals surface area contributed by atoms with Crippen molar-refractivity contribution in [2.24, 2.45) is 0 Å². The zero-order valence-corrected chi connectivity index (χ0v) is 23.8. The van der Waals surface area contributed by atoms with E-state index in [9.17, 15) is 0 Å². The first-order valence-electron chi connectivity index (χ1n) is 14.9. The number of hydrogen-bond acceptors (Lipinski definition) is 2. The molecule has 4 heteroatoms. The van der Waals surface area contributed by atoms with E-state index < -0.39 is 0 Å². The van der Waals surface area contributed by atoms with Crippen LogP contribution in [0, 0.1) is 0 Å². The third-order valence-electron chi connectivity index (χ3n) is 8.60. The van der Waals surface area contributed by atoms with Crippen LogP contribution in [0.3, 0.4) is 0 Å². The SMILES string of the molecule is c1ccc(-c2ccc(-c3nc(-n4c5ccccc5c5c6ccn(-c7ccccc7)c6ccc54)nc4ccccc34)cc2)cc1. The van der Waals surface area contributed by atoms with E-state index in [-0.39, 0.29) is 0 Å². The summed E-state index contributed by atoms with van der Waals surface area (Å²) >= 11 is 0. The molecule has 206 valence electrons. The van der Waals surface area contributed by atoms with Crippen LogP contribution < -0.4 is 0 Å². The molecule has 0 radical (unpaired) electrons. The van der Waals surface area contributed by atoms with Crippen molar-refractivity contribution in [2.75, 3.05) is 0 Å². The summed E-state index contributed by atoms with van der Waals surface area (Å²) in [5.41, 5.74) is 9.78. The molecule has 0 aliphatic carbocycles. The fraction of sp³-hybridized carbons (Fsp3) is 0. The number of para-hydroxylation sites is 3. The summed E-state index contributed by atoms with van der Waals surface area (Å²) in [6.07, 6.45) is 2.16. The van der Waals surface area contributed by atoms with E-state index in [1.54, 1.807) is 0 Å². The summed E-state index contributed by atoms with van der Waals surface area (Å²) in [6, 6.07) is 53.2. The average Bonchev–Trinajstić information content (AvgIpc) is 3.68. The largest absolute Gasteiger partial charge is 0.317 e. The Labute approximate surface area is 254 Å². The highest BCUT2D eigenvalue weighted by Crippen LogP contribution is 2.38. The molecule has 0 saturated heterocycles. The molecule has 0 spiro atoms. The van der Waals surface area contributed by atoms with Gasteiger partial charge in [-0.1, -0.05) is 109 Å². The van der Waals surface area contributed by atoms with Gasteiger partial charge < -0.3 is 4.57 Å². The molecule has 0 atom stereocenters. The van der Waals surface area contributed by atoms with Crippen molar-refractivity contribution in [1.29, 1.82) is 0 Å². The van der Waals surface area contributed by atoms with Crippen LogP contribution in [0.4, 0.5) is 0 Å². The van der Waals surface area contributed by atoms with Crippen LogP contribution in [0.1, 0.15) is 0 Å². The van der Waals surface area contributed by atoms with Gasteiger partial charge in [-0.3, -0.25) is 4.57 Å². The molecule has 3 aromatic heterocycles. The molecule has 0 unspecified atom stereocenters. The van der Waals surface area contributed by atoms with Crippen molar-refractivity contribution in [3.05, 3.63) is 158 Å². The lowest BCUT2D eigenvalue weighted by molar-refractivity contribution is 1.01. The molecule has 0 aliphatic rings. The van der Waals surface area contributed by atoms with E-state index in [2.05, 4.69) is 155 Å². The van der Waals surface area contributed by atoms with Crippen LogP contribution in [0.2, 0.25) is 0 Å². The average molecular weight is 563 g/mol. The molecule has 0 amide bonds. The zero-order valence-electron chi connectivity index (χ0n) is 23.8. The minimum absolute atomic E-state index is 0.666. The molecule has 0 fully saturated rings. The van der Waals surface area contributed by atoms with E-state index in [1.165, 1.54) is 32.8 Å². The maximum Gasteiger partial charge on any atom is 0.235 e. The van der Waals surface area contributed by atoms with E-state index in [4.69, 9.17) is 9.97 Å². The first-order valence-corrected chi connectivity index (χ1v) is 14.9. The van der Waals surface area contributed by atoms with Gasteiger partial charge in [-0.2, -0.15) is 0 Å². The highest BCUT2D eigenvalue weighted by atomic mass is 15.2. The Morgan fingerprint density at radius 1 is 0.409 bits per heavy atom. The Hall–Kier alpha value is -6.00. The number of hydrogen-bond donors (Lipinski definition) is 0. The number of fused-ring (bicyclic) bond motifs is 6. The topological polar surface area (TPSA) is 35.6 Å². The van der Waals surface area contributed by atoms with Crippen LogP contribution >= 0.6 is 0 Å². The van der Waals surface area contributed by atoms with Crippen molar-refractivity contribution in [3.63, 3.8) is 0 Å². The molecule has 4 nitrogen and oxygen atoms in total. The maximum absolute atomic E-state index is 5.30. The van der Waals surface area contributed by atoms with Gasteiger partial charge >= 0.3 is 0 Å². The third kappa shape index (κ3) is 3.78. The van der Waals surface area contributed by atoms with Crippen LogP contribution in [0.15, 0.2) is 158 Å². The summed E-state index contributed by atoms with van der Waals surface area (Å²) in [5, 5.41) is 4.63. The quantitative estimate of drug-likeness (QED) is 0.214. The van der Waals surface area contributed by atoms with E-state index in [0.29, 0.717) is 5.95 Å². The van der Waals surface area contributed by atoms with Gasteiger partial charge in [-0.05, 0) is 53.6 Å². The van der Waals surface area contributed by atoms with E-state index in [0.717, 1.165) is 38.9 Å². The lowest BCUT2D eigenvalue weighted by Crippen LogP contribution is -2.03. The summed E-state index contributed by atoms with van der Waals surface area (Å²) in [5.74, 6) is 0.666. The van der Waals surface area contributed by atoms with Gasteiger partial charge in [-0.15, -0.1) is 0 Å². The minimum atomic E-state index is 0.666. The molecule has 0 saturated carbocycles. The first kappa shape index (κ1) is 24.6. The van der Waals surface area contributed by atoms with Gasteiger partial charge in [0.1, 0.15) is 0 Å². The molecular weight excluding hydrogens is 536 g/mol. The van der Waals surface area contributed by atoms with Gasteiger partial charge in [0.05, 0.1) is 27.8 Å². The smallest absolute Gasteiger partial charge is 0.235 e. The molecule has 9 rings (SSSR count). The lowest BCUT2D eigenvalue weighted by atomic mass is 10.0. The van der Waals surface area contributed by atoms with Crippen LogP contribution in [-0.4, -0.2) is 19.1 Å². The highest BCUT2D eigenvalue weighted by Gasteiger charge is 2.19. The van der Waals surface area contributed by atoms with Crippen LogP contribution in [-0.2, 0) is 0 Å². The zero-order chi connectivity index (χ0) is 29.0. The number of nitrogens with zero attached hydrogens (tertiary/aromatic N) is 4. The van der Waals surface area contributed by atoms with Gasteiger partial charge in [0, 0.05) is 39.0 Å². The van der Waals surface area contributed by atoms with Gasteiger partial charge in [0.2, 0.25) is 5.95 Å². The highest BCUT2D eigenvalue weighted by molar-refractivity contribution is 6.21. The van der Waals surface area contributed by atoms with Crippen molar-refractivity contribution in [2.45, 2.75) is 0 Å². The van der Waals surface area contributed by atoms with Crippen molar-refractivity contribution < 1.29 is 0 Å². The first-order chi connectivity index (χ1) is 21.8.